The van der Waals surface area contributed by atoms with Crippen LogP contribution in [0, 0.1) is 13.8 Å². The van der Waals surface area contributed by atoms with Gasteiger partial charge in [0, 0.05) is 22.9 Å². The van der Waals surface area contributed by atoms with E-state index < -0.39 is 21.7 Å². The first-order valence-electron chi connectivity index (χ1n) is 6.49. The molecular weight excluding hydrogens is 280 g/mol. The van der Waals surface area contributed by atoms with Crippen LogP contribution in [0.4, 0.5) is 0 Å². The van der Waals surface area contributed by atoms with Gasteiger partial charge in [0.1, 0.15) is 5.82 Å². The summed E-state index contributed by atoms with van der Waals surface area (Å²) in [5.41, 5.74) is 1.85. The Balaban J connectivity index is 2.38. The third kappa shape index (κ3) is 2.82. The van der Waals surface area contributed by atoms with Crippen LogP contribution < -0.4 is 0 Å². The molecule has 2 rings (SSSR count). The summed E-state index contributed by atoms with van der Waals surface area (Å²) < 4.78 is 23.0. The minimum atomic E-state index is -2.98. The molecule has 20 heavy (non-hydrogen) atoms. The Morgan fingerprint density at radius 3 is 2.25 bits per heavy atom. The lowest BCUT2D eigenvalue weighted by Crippen LogP contribution is -2.16. The summed E-state index contributed by atoms with van der Waals surface area (Å²) in [6, 6.07) is 0. The maximum absolute atomic E-state index is 11.5. The molecule has 1 aromatic rings. The monoisotopic (exact) mass is 298 g/mol. The lowest BCUT2D eigenvalue weighted by atomic mass is 9.97. The first-order valence-corrected chi connectivity index (χ1v) is 8.31. The molecule has 0 spiro atoms. The summed E-state index contributed by atoms with van der Waals surface area (Å²) in [7, 11) is -2.98. The quantitative estimate of drug-likeness (QED) is 0.900. The highest BCUT2D eigenvalue weighted by Crippen LogP contribution is 2.29. The maximum atomic E-state index is 11.5. The molecule has 1 fully saturated rings. The van der Waals surface area contributed by atoms with E-state index in [1.807, 2.05) is 0 Å². The molecule has 0 aliphatic carbocycles. The minimum absolute atomic E-state index is 0.0830. The van der Waals surface area contributed by atoms with E-state index in [4.69, 9.17) is 5.11 Å². The lowest BCUT2D eigenvalue weighted by molar-refractivity contribution is -0.138. The Morgan fingerprint density at radius 2 is 1.85 bits per heavy atom. The van der Waals surface area contributed by atoms with Gasteiger partial charge in [-0.3, -0.25) is 4.79 Å². The van der Waals surface area contributed by atoms with Crippen molar-refractivity contribution in [1.29, 1.82) is 0 Å². The van der Waals surface area contributed by atoms with Crippen LogP contribution in [0.5, 0.6) is 0 Å². The number of sulfone groups is 1. The van der Waals surface area contributed by atoms with Gasteiger partial charge in [0.15, 0.2) is 9.84 Å². The molecule has 0 bridgehead atoms. The SMILES string of the molecule is Cc1nc(C2CCS(=O)(=O)C2)nc(C)c1C(C)C(=O)O. The molecule has 1 N–H and O–H groups in total. The molecule has 0 amide bonds. The summed E-state index contributed by atoms with van der Waals surface area (Å²) >= 11 is 0. The minimum Gasteiger partial charge on any atom is -0.481 e. The van der Waals surface area contributed by atoms with E-state index in [0.29, 0.717) is 29.2 Å². The Kier molecular flexibility index (Phi) is 3.82. The molecule has 1 aliphatic heterocycles. The van der Waals surface area contributed by atoms with Gasteiger partial charge >= 0.3 is 5.97 Å². The van der Waals surface area contributed by atoms with Crippen LogP contribution in [-0.2, 0) is 14.6 Å². The van der Waals surface area contributed by atoms with Crippen molar-refractivity contribution < 1.29 is 18.3 Å². The fourth-order valence-electron chi connectivity index (χ4n) is 2.68. The van der Waals surface area contributed by atoms with E-state index >= 15 is 0 Å². The molecule has 2 heterocycles. The highest BCUT2D eigenvalue weighted by molar-refractivity contribution is 7.91. The van der Waals surface area contributed by atoms with E-state index in [0.717, 1.165) is 0 Å². The zero-order chi connectivity index (χ0) is 15.1. The second-order valence-electron chi connectivity index (χ2n) is 5.33. The third-order valence-electron chi connectivity index (χ3n) is 3.75. The molecule has 1 aliphatic rings. The van der Waals surface area contributed by atoms with Crippen molar-refractivity contribution in [1.82, 2.24) is 9.97 Å². The van der Waals surface area contributed by atoms with Crippen LogP contribution in [-0.4, -0.2) is 41.0 Å². The van der Waals surface area contributed by atoms with Crippen LogP contribution in [0.25, 0.3) is 0 Å². The zero-order valence-corrected chi connectivity index (χ0v) is 12.6. The summed E-state index contributed by atoms with van der Waals surface area (Å²) in [5, 5.41) is 9.10. The highest BCUT2D eigenvalue weighted by Gasteiger charge is 2.32. The second kappa shape index (κ2) is 5.12. The topological polar surface area (TPSA) is 97.2 Å². The fourth-order valence-corrected chi connectivity index (χ4v) is 4.42. The standard InChI is InChI=1S/C13H18N2O4S/c1-7(13(16)17)11-8(2)14-12(15-9(11)3)10-4-5-20(18,19)6-10/h7,10H,4-6H2,1-3H3,(H,16,17). The van der Waals surface area contributed by atoms with Crippen LogP contribution in [0.2, 0.25) is 0 Å². The van der Waals surface area contributed by atoms with Crippen molar-refractivity contribution in [3.63, 3.8) is 0 Å². The van der Waals surface area contributed by atoms with E-state index in [1.54, 1.807) is 20.8 Å². The molecule has 110 valence electrons. The van der Waals surface area contributed by atoms with Crippen molar-refractivity contribution in [3.05, 3.63) is 22.8 Å². The van der Waals surface area contributed by atoms with Crippen molar-refractivity contribution in [2.75, 3.05) is 11.5 Å². The summed E-state index contributed by atoms with van der Waals surface area (Å²) in [6.45, 7) is 5.09. The van der Waals surface area contributed by atoms with Gasteiger partial charge in [-0.05, 0) is 27.2 Å². The molecule has 2 atom stereocenters. The van der Waals surface area contributed by atoms with Gasteiger partial charge in [-0.15, -0.1) is 0 Å². The molecule has 0 aromatic carbocycles. The first kappa shape index (κ1) is 14.9. The van der Waals surface area contributed by atoms with Gasteiger partial charge in [-0.25, -0.2) is 18.4 Å². The third-order valence-corrected chi connectivity index (χ3v) is 5.51. The van der Waals surface area contributed by atoms with Crippen LogP contribution in [0.3, 0.4) is 0 Å². The highest BCUT2D eigenvalue weighted by atomic mass is 32.2. The fraction of sp³-hybridized carbons (Fsp3) is 0.615. The molecule has 1 saturated heterocycles. The van der Waals surface area contributed by atoms with Crippen LogP contribution in [0.15, 0.2) is 0 Å². The number of aryl methyl sites for hydroxylation is 2. The molecule has 6 nitrogen and oxygen atoms in total. The molecule has 1 aromatic heterocycles. The number of nitrogens with zero attached hydrogens (tertiary/aromatic N) is 2. The van der Waals surface area contributed by atoms with Gasteiger partial charge < -0.3 is 5.11 Å². The van der Waals surface area contributed by atoms with Gasteiger partial charge in [-0.1, -0.05) is 0 Å². The molecule has 7 heteroatoms. The molecule has 2 unspecified atom stereocenters. The first-order chi connectivity index (χ1) is 9.21. The molecule has 0 radical (unpaired) electrons. The normalized spacial score (nSPS) is 22.6. The number of rotatable bonds is 3. The van der Waals surface area contributed by atoms with Crippen molar-refractivity contribution in [2.45, 2.75) is 39.0 Å². The van der Waals surface area contributed by atoms with Gasteiger partial charge in [0.25, 0.3) is 0 Å². The van der Waals surface area contributed by atoms with E-state index in [9.17, 15) is 13.2 Å². The lowest BCUT2D eigenvalue weighted by Gasteiger charge is -2.16. The largest absolute Gasteiger partial charge is 0.481 e. The molecular formula is C13H18N2O4S. The number of aromatic nitrogens is 2. The van der Waals surface area contributed by atoms with Gasteiger partial charge in [0.05, 0.1) is 17.4 Å². The zero-order valence-electron chi connectivity index (χ0n) is 11.8. The van der Waals surface area contributed by atoms with Crippen LogP contribution >= 0.6 is 0 Å². The second-order valence-corrected chi connectivity index (χ2v) is 7.55. The number of aliphatic carboxylic acids is 1. The predicted octanol–water partition coefficient (Wildman–Crippen LogP) is 1.18. The van der Waals surface area contributed by atoms with E-state index in [-0.39, 0.29) is 17.4 Å². The Bertz CT molecular complexity index is 631. The number of hydrogen-bond acceptors (Lipinski definition) is 5. The summed E-state index contributed by atoms with van der Waals surface area (Å²) in [6.07, 6.45) is 0.537. The Morgan fingerprint density at radius 1 is 1.30 bits per heavy atom. The Hall–Kier alpha value is -1.50. The van der Waals surface area contributed by atoms with E-state index in [1.165, 1.54) is 0 Å². The average Bonchev–Trinajstić information content (AvgIpc) is 2.68. The van der Waals surface area contributed by atoms with Gasteiger partial charge in [-0.2, -0.15) is 0 Å². The smallest absolute Gasteiger partial charge is 0.310 e. The maximum Gasteiger partial charge on any atom is 0.310 e. The number of hydrogen-bond donors (Lipinski definition) is 1. The van der Waals surface area contributed by atoms with Crippen molar-refractivity contribution >= 4 is 15.8 Å². The summed E-state index contributed by atoms with van der Waals surface area (Å²) in [4.78, 5) is 19.8. The van der Waals surface area contributed by atoms with Crippen LogP contribution in [0.1, 0.15) is 48.0 Å². The van der Waals surface area contributed by atoms with Crippen molar-refractivity contribution in [3.8, 4) is 0 Å². The Labute approximate surface area is 118 Å². The summed E-state index contributed by atoms with van der Waals surface area (Å²) in [5.74, 6) is -0.993. The molecule has 0 saturated carbocycles. The average molecular weight is 298 g/mol. The van der Waals surface area contributed by atoms with Gasteiger partial charge in [0.2, 0.25) is 0 Å². The number of carbonyl (C=O) groups is 1. The van der Waals surface area contributed by atoms with Crippen molar-refractivity contribution in [2.24, 2.45) is 0 Å². The predicted molar refractivity (Wildman–Crippen MR) is 73.6 cm³/mol. The van der Waals surface area contributed by atoms with E-state index in [2.05, 4.69) is 9.97 Å². The number of carboxylic acids is 1. The number of carboxylic acid groups (broad SMARTS) is 1.